The number of thioether (sulfide) groups is 1. The van der Waals surface area contributed by atoms with Gasteiger partial charge in [0.2, 0.25) is 11.8 Å². The number of hydrogen-bond acceptors (Lipinski definition) is 3. The maximum atomic E-state index is 12.2. The van der Waals surface area contributed by atoms with E-state index in [-0.39, 0.29) is 17.7 Å². The number of amides is 2. The monoisotopic (exact) mass is 346 g/mol. The van der Waals surface area contributed by atoms with Crippen molar-refractivity contribution in [1.29, 1.82) is 0 Å². The first-order valence-electron chi connectivity index (χ1n) is 8.98. The Morgan fingerprint density at radius 3 is 2.42 bits per heavy atom. The molecule has 4 nitrogen and oxygen atoms in total. The third-order valence-electron chi connectivity index (χ3n) is 4.74. The molecule has 0 radical (unpaired) electrons. The van der Waals surface area contributed by atoms with Crippen molar-refractivity contribution in [2.45, 2.75) is 37.0 Å². The number of benzene rings is 1. The lowest BCUT2D eigenvalue weighted by Gasteiger charge is -2.31. The minimum atomic E-state index is 0.0787. The lowest BCUT2D eigenvalue weighted by Crippen LogP contribution is -2.43. The summed E-state index contributed by atoms with van der Waals surface area (Å²) in [6.07, 6.45) is 4.71. The summed E-state index contributed by atoms with van der Waals surface area (Å²) in [6, 6.07) is 10.3. The molecule has 1 N–H and O–H groups in total. The molecule has 0 unspecified atom stereocenters. The zero-order valence-electron chi connectivity index (χ0n) is 14.1. The smallest absolute Gasteiger partial charge is 0.225 e. The first kappa shape index (κ1) is 17.3. The Kier molecular flexibility index (Phi) is 6.18. The SMILES string of the molecule is O=C(NCCCSc1ccccc1)C1CCN(C(=O)C2CC2)CC1. The standard InChI is InChI=1S/C19H26N2O2S/c22-18(20-11-4-14-24-17-5-2-1-3-6-17)15-9-12-21(13-10-15)19(23)16-7-8-16/h1-3,5-6,15-16H,4,7-14H2,(H,20,22). The summed E-state index contributed by atoms with van der Waals surface area (Å²) in [6.45, 7) is 2.23. The van der Waals surface area contributed by atoms with Gasteiger partial charge in [-0.3, -0.25) is 9.59 Å². The molecule has 2 amide bonds. The van der Waals surface area contributed by atoms with Gasteiger partial charge in [-0.15, -0.1) is 11.8 Å². The van der Waals surface area contributed by atoms with E-state index < -0.39 is 0 Å². The fraction of sp³-hybridized carbons (Fsp3) is 0.579. The molecule has 1 aromatic carbocycles. The molecule has 0 atom stereocenters. The summed E-state index contributed by atoms with van der Waals surface area (Å²) in [5, 5.41) is 3.06. The number of carbonyl (C=O) groups is 2. The lowest BCUT2D eigenvalue weighted by molar-refractivity contribution is -0.136. The molecular formula is C19H26N2O2S. The highest BCUT2D eigenvalue weighted by Crippen LogP contribution is 2.32. The van der Waals surface area contributed by atoms with Crippen molar-refractivity contribution in [2.24, 2.45) is 11.8 Å². The molecule has 0 aromatic heterocycles. The highest BCUT2D eigenvalue weighted by molar-refractivity contribution is 7.99. The van der Waals surface area contributed by atoms with Gasteiger partial charge >= 0.3 is 0 Å². The molecule has 24 heavy (non-hydrogen) atoms. The summed E-state index contributed by atoms with van der Waals surface area (Å²) in [5.41, 5.74) is 0. The number of nitrogens with one attached hydrogen (secondary N) is 1. The van der Waals surface area contributed by atoms with Crippen LogP contribution < -0.4 is 5.32 Å². The number of piperidine rings is 1. The van der Waals surface area contributed by atoms with Gasteiger partial charge in [0, 0.05) is 36.4 Å². The van der Waals surface area contributed by atoms with E-state index in [9.17, 15) is 9.59 Å². The molecule has 2 aliphatic rings. The van der Waals surface area contributed by atoms with E-state index in [2.05, 4.69) is 17.4 Å². The second kappa shape index (κ2) is 8.56. The van der Waals surface area contributed by atoms with Crippen LogP contribution in [0.25, 0.3) is 0 Å². The quantitative estimate of drug-likeness (QED) is 0.610. The van der Waals surface area contributed by atoms with Crippen molar-refractivity contribution in [3.8, 4) is 0 Å². The van der Waals surface area contributed by atoms with Gasteiger partial charge in [-0.05, 0) is 50.0 Å². The summed E-state index contributed by atoms with van der Waals surface area (Å²) in [5.74, 6) is 1.86. The van der Waals surface area contributed by atoms with Crippen LogP contribution in [0.1, 0.15) is 32.1 Å². The minimum absolute atomic E-state index is 0.0787. The number of carbonyl (C=O) groups excluding carboxylic acids is 2. The molecule has 5 heteroatoms. The van der Waals surface area contributed by atoms with Gasteiger partial charge in [0.15, 0.2) is 0 Å². The normalized spacial score (nSPS) is 18.4. The van der Waals surface area contributed by atoms with E-state index in [1.165, 1.54) is 4.90 Å². The van der Waals surface area contributed by atoms with Crippen LogP contribution in [-0.2, 0) is 9.59 Å². The molecule has 1 saturated carbocycles. The van der Waals surface area contributed by atoms with Crippen molar-refractivity contribution < 1.29 is 9.59 Å². The number of hydrogen-bond donors (Lipinski definition) is 1. The van der Waals surface area contributed by atoms with E-state index in [1.54, 1.807) is 0 Å². The largest absolute Gasteiger partial charge is 0.356 e. The average molecular weight is 346 g/mol. The second-order valence-corrected chi connectivity index (χ2v) is 7.85. The van der Waals surface area contributed by atoms with Crippen LogP contribution in [0.5, 0.6) is 0 Å². The number of likely N-dealkylation sites (tertiary alicyclic amines) is 1. The summed E-state index contributed by atoms with van der Waals surface area (Å²) >= 11 is 1.82. The highest BCUT2D eigenvalue weighted by atomic mass is 32.2. The number of rotatable bonds is 7. The molecule has 1 heterocycles. The molecular weight excluding hydrogens is 320 g/mol. The van der Waals surface area contributed by atoms with Gasteiger partial charge in [-0.1, -0.05) is 18.2 Å². The lowest BCUT2D eigenvalue weighted by atomic mass is 9.95. The molecule has 1 aromatic rings. The first-order valence-corrected chi connectivity index (χ1v) is 9.97. The maximum Gasteiger partial charge on any atom is 0.225 e. The predicted octanol–water partition coefficient (Wildman–Crippen LogP) is 2.93. The van der Waals surface area contributed by atoms with Crippen LogP contribution in [0.15, 0.2) is 35.2 Å². The van der Waals surface area contributed by atoms with Crippen LogP contribution in [0.4, 0.5) is 0 Å². The van der Waals surface area contributed by atoms with E-state index in [4.69, 9.17) is 0 Å². The van der Waals surface area contributed by atoms with Gasteiger partial charge in [0.25, 0.3) is 0 Å². The van der Waals surface area contributed by atoms with Crippen molar-refractivity contribution in [2.75, 3.05) is 25.4 Å². The highest BCUT2D eigenvalue weighted by Gasteiger charge is 2.35. The molecule has 0 spiro atoms. The topological polar surface area (TPSA) is 49.4 Å². The Labute approximate surface area is 148 Å². The Hall–Kier alpha value is -1.49. The van der Waals surface area contributed by atoms with Gasteiger partial charge in [0.1, 0.15) is 0 Å². The van der Waals surface area contributed by atoms with Crippen LogP contribution >= 0.6 is 11.8 Å². The second-order valence-electron chi connectivity index (χ2n) is 6.68. The van der Waals surface area contributed by atoms with E-state index >= 15 is 0 Å². The van der Waals surface area contributed by atoms with E-state index in [1.807, 2.05) is 34.9 Å². The van der Waals surface area contributed by atoms with E-state index in [0.717, 1.165) is 57.5 Å². The van der Waals surface area contributed by atoms with Crippen LogP contribution in [0.3, 0.4) is 0 Å². The Morgan fingerprint density at radius 2 is 1.75 bits per heavy atom. The van der Waals surface area contributed by atoms with Gasteiger partial charge < -0.3 is 10.2 Å². The first-order chi connectivity index (χ1) is 11.7. The predicted molar refractivity (Wildman–Crippen MR) is 96.8 cm³/mol. The molecule has 1 aliphatic carbocycles. The molecule has 1 saturated heterocycles. The van der Waals surface area contributed by atoms with Crippen LogP contribution in [-0.4, -0.2) is 42.1 Å². The van der Waals surface area contributed by atoms with Crippen molar-refractivity contribution >= 4 is 23.6 Å². The fourth-order valence-electron chi connectivity index (χ4n) is 3.09. The molecule has 0 bridgehead atoms. The van der Waals surface area contributed by atoms with E-state index in [0.29, 0.717) is 5.91 Å². The molecule has 3 rings (SSSR count). The Morgan fingerprint density at radius 1 is 1.04 bits per heavy atom. The zero-order valence-corrected chi connectivity index (χ0v) is 14.9. The molecule has 1 aliphatic heterocycles. The van der Waals surface area contributed by atoms with Gasteiger partial charge in [-0.2, -0.15) is 0 Å². The summed E-state index contributed by atoms with van der Waals surface area (Å²) < 4.78 is 0. The van der Waals surface area contributed by atoms with Crippen LogP contribution in [0.2, 0.25) is 0 Å². The fourth-order valence-corrected chi connectivity index (χ4v) is 3.96. The van der Waals surface area contributed by atoms with Crippen molar-refractivity contribution in [3.63, 3.8) is 0 Å². The summed E-state index contributed by atoms with van der Waals surface area (Å²) in [4.78, 5) is 27.5. The summed E-state index contributed by atoms with van der Waals surface area (Å²) in [7, 11) is 0. The minimum Gasteiger partial charge on any atom is -0.356 e. The number of nitrogens with zero attached hydrogens (tertiary/aromatic N) is 1. The third-order valence-corrected chi connectivity index (χ3v) is 5.83. The van der Waals surface area contributed by atoms with Crippen LogP contribution in [0, 0.1) is 11.8 Å². The molecule has 130 valence electrons. The Balaban J connectivity index is 1.28. The van der Waals surface area contributed by atoms with Gasteiger partial charge in [-0.25, -0.2) is 0 Å². The Bertz CT molecular complexity index is 552. The maximum absolute atomic E-state index is 12.2. The van der Waals surface area contributed by atoms with Crippen molar-refractivity contribution in [3.05, 3.63) is 30.3 Å². The van der Waals surface area contributed by atoms with Gasteiger partial charge in [0.05, 0.1) is 0 Å². The average Bonchev–Trinajstić information content (AvgIpc) is 3.47. The molecule has 2 fully saturated rings. The zero-order chi connectivity index (χ0) is 16.8. The van der Waals surface area contributed by atoms with Crippen molar-refractivity contribution in [1.82, 2.24) is 10.2 Å². The third kappa shape index (κ3) is 5.00.